The summed E-state index contributed by atoms with van der Waals surface area (Å²) in [5.74, 6) is -0.0801. The van der Waals surface area contributed by atoms with Crippen molar-refractivity contribution in [2.75, 3.05) is 83.7 Å². The zero-order valence-electron chi connectivity index (χ0n) is 28.1. The molecule has 274 valence electrons. The van der Waals surface area contributed by atoms with Crippen LogP contribution < -0.4 is 60.6 Å². The maximum Gasteiger partial charge on any atom is 1.00 e. The standard InChI is InChI=1S/C28H34N16O7S.Na/c45-13-9-43(10-14-46)27-39-23(37-25(41-27)35-21-29-5-1-6-30-21)33-18-3-4-19(20(17-18)52(49,50)51)34-24-38-26(36-22-31-7-2-8-32-22)42-28(40-24)44(11-15-47)12-16-48;/h1-8,17,45-48H,9-16H2,(H,49,50,51)(H2,29,30,33,35,37,39,41)(H2,31,32,34,36,38,40,42);/q;+1/p-1. The molecular formula is C28H33N16NaO7S. The molecule has 25 heteroatoms. The van der Waals surface area contributed by atoms with Crippen molar-refractivity contribution in [3.05, 3.63) is 55.1 Å². The van der Waals surface area contributed by atoms with Crippen LogP contribution in [-0.4, -0.2) is 136 Å². The second-order valence-corrected chi connectivity index (χ2v) is 11.6. The van der Waals surface area contributed by atoms with Crippen LogP contribution in [0.25, 0.3) is 0 Å². The molecule has 5 aromatic rings. The molecule has 0 amide bonds. The Morgan fingerprint density at radius 1 is 0.566 bits per heavy atom. The number of rotatable bonds is 19. The first-order valence-electron chi connectivity index (χ1n) is 15.4. The summed E-state index contributed by atoms with van der Waals surface area (Å²) in [7, 11) is -5.14. The van der Waals surface area contributed by atoms with Gasteiger partial charge in [0.1, 0.15) is 10.1 Å². The number of hydrogen-bond acceptors (Lipinski definition) is 23. The molecule has 0 unspecified atom stereocenters. The topological polar surface area (TPSA) is 322 Å². The molecule has 4 aromatic heterocycles. The maximum atomic E-state index is 12.6. The van der Waals surface area contributed by atoms with E-state index in [-0.39, 0.29) is 141 Å². The Bertz CT molecular complexity index is 2010. The van der Waals surface area contributed by atoms with Gasteiger partial charge in [-0.3, -0.25) is 10.6 Å². The van der Waals surface area contributed by atoms with Gasteiger partial charge >= 0.3 is 29.6 Å². The molecule has 1 aromatic carbocycles. The summed E-state index contributed by atoms with van der Waals surface area (Å²) in [4.78, 5) is 44.4. The summed E-state index contributed by atoms with van der Waals surface area (Å²) >= 11 is 0. The molecule has 0 aliphatic carbocycles. The van der Waals surface area contributed by atoms with Gasteiger partial charge in [0.25, 0.3) is 0 Å². The van der Waals surface area contributed by atoms with Crippen LogP contribution in [0.1, 0.15) is 0 Å². The van der Waals surface area contributed by atoms with Crippen LogP contribution in [0.3, 0.4) is 0 Å². The number of aliphatic hydroxyl groups is 4. The zero-order chi connectivity index (χ0) is 36.9. The van der Waals surface area contributed by atoms with E-state index in [9.17, 15) is 33.4 Å². The van der Waals surface area contributed by atoms with Crippen molar-refractivity contribution in [1.82, 2.24) is 49.8 Å². The van der Waals surface area contributed by atoms with Gasteiger partial charge in [-0.15, -0.1) is 0 Å². The third kappa shape index (κ3) is 11.7. The molecule has 0 bridgehead atoms. The second kappa shape index (κ2) is 19.7. The van der Waals surface area contributed by atoms with Gasteiger partial charge in [-0.25, -0.2) is 28.4 Å². The quantitative estimate of drug-likeness (QED) is 0.0294. The number of nitrogens with one attached hydrogen (secondary N) is 4. The van der Waals surface area contributed by atoms with Gasteiger partial charge in [0.15, 0.2) is 0 Å². The largest absolute Gasteiger partial charge is 1.00 e. The van der Waals surface area contributed by atoms with E-state index < -0.39 is 15.0 Å². The predicted molar refractivity (Wildman–Crippen MR) is 184 cm³/mol. The summed E-state index contributed by atoms with van der Waals surface area (Å²) < 4.78 is 37.7. The SMILES string of the molecule is O=S(=O)([O-])c1cc(Nc2nc(Nc3ncccn3)nc(N(CCO)CCO)n2)ccc1Nc1nc(Nc2ncccn2)nc(N(CCO)CCO)n1.[Na+]. The van der Waals surface area contributed by atoms with Gasteiger partial charge in [0.05, 0.1) is 37.0 Å². The molecule has 0 fully saturated rings. The van der Waals surface area contributed by atoms with Crippen molar-refractivity contribution >= 4 is 69.1 Å². The molecule has 0 atom stereocenters. The minimum atomic E-state index is -5.14. The Kier molecular flexibility index (Phi) is 15.1. The van der Waals surface area contributed by atoms with Crippen molar-refractivity contribution in [2.45, 2.75) is 4.90 Å². The van der Waals surface area contributed by atoms with Gasteiger partial charge in [0, 0.05) is 56.7 Å². The first-order chi connectivity index (χ1) is 25.2. The average molecular weight is 761 g/mol. The molecule has 0 saturated carbocycles. The van der Waals surface area contributed by atoms with Gasteiger partial charge in [0.2, 0.25) is 47.6 Å². The van der Waals surface area contributed by atoms with Crippen LogP contribution in [0, 0.1) is 0 Å². The minimum absolute atomic E-state index is 0. The van der Waals surface area contributed by atoms with Crippen molar-refractivity contribution < 1.29 is 63.0 Å². The number of anilines is 10. The Balaban J connectivity index is 0.00000627. The normalized spacial score (nSPS) is 11.0. The van der Waals surface area contributed by atoms with Gasteiger partial charge in [-0.1, -0.05) is 0 Å². The monoisotopic (exact) mass is 760 g/mol. The fraction of sp³-hybridized carbons (Fsp3) is 0.286. The fourth-order valence-corrected chi connectivity index (χ4v) is 5.09. The van der Waals surface area contributed by atoms with Crippen LogP contribution >= 0.6 is 0 Å². The van der Waals surface area contributed by atoms with E-state index >= 15 is 0 Å². The molecule has 4 heterocycles. The van der Waals surface area contributed by atoms with E-state index in [0.717, 1.165) is 6.07 Å². The number of aliphatic hydroxyl groups excluding tert-OH is 4. The van der Waals surface area contributed by atoms with Gasteiger partial charge < -0.3 is 45.4 Å². The molecule has 0 aliphatic rings. The number of hydrogen-bond donors (Lipinski definition) is 8. The molecule has 0 aliphatic heterocycles. The van der Waals surface area contributed by atoms with Crippen LogP contribution in [0.5, 0.6) is 0 Å². The Morgan fingerprint density at radius 3 is 1.36 bits per heavy atom. The maximum absolute atomic E-state index is 12.6. The number of benzene rings is 1. The molecule has 5 rings (SSSR count). The van der Waals surface area contributed by atoms with Crippen LogP contribution in [-0.2, 0) is 10.1 Å². The van der Waals surface area contributed by atoms with E-state index in [1.54, 1.807) is 12.1 Å². The minimum Gasteiger partial charge on any atom is -0.744 e. The Labute approximate surface area is 324 Å². The first kappa shape index (κ1) is 40.7. The smallest absolute Gasteiger partial charge is 0.744 e. The first-order valence-corrected chi connectivity index (χ1v) is 16.8. The molecule has 53 heavy (non-hydrogen) atoms. The van der Waals surface area contributed by atoms with E-state index in [1.807, 2.05) is 0 Å². The van der Waals surface area contributed by atoms with Crippen molar-refractivity contribution in [3.8, 4) is 0 Å². The van der Waals surface area contributed by atoms with Crippen molar-refractivity contribution in [2.24, 2.45) is 0 Å². The van der Waals surface area contributed by atoms with E-state index in [4.69, 9.17) is 0 Å². The van der Waals surface area contributed by atoms with E-state index in [2.05, 4.69) is 71.1 Å². The second-order valence-electron chi connectivity index (χ2n) is 10.2. The zero-order valence-corrected chi connectivity index (χ0v) is 31.0. The fourth-order valence-electron chi connectivity index (χ4n) is 4.43. The van der Waals surface area contributed by atoms with Crippen molar-refractivity contribution in [3.63, 3.8) is 0 Å². The summed E-state index contributed by atoms with van der Waals surface area (Å²) in [6.45, 7) is -0.943. The summed E-state index contributed by atoms with van der Waals surface area (Å²) in [6, 6.07) is 6.97. The molecular weight excluding hydrogens is 727 g/mol. The van der Waals surface area contributed by atoms with Gasteiger partial charge in [-0.05, 0) is 30.3 Å². The molecule has 8 N–H and O–H groups in total. The molecule has 23 nitrogen and oxygen atoms in total. The number of nitrogens with zero attached hydrogens (tertiary/aromatic N) is 12. The summed E-state index contributed by atoms with van der Waals surface area (Å²) in [5, 5.41) is 49.5. The molecule has 0 saturated heterocycles. The van der Waals surface area contributed by atoms with Gasteiger partial charge in [-0.2, -0.15) is 29.9 Å². The summed E-state index contributed by atoms with van der Waals surface area (Å²) in [6.07, 6.45) is 5.95. The Hall–Kier alpha value is -5.05. The Morgan fingerprint density at radius 2 is 0.962 bits per heavy atom. The predicted octanol–water partition coefficient (Wildman–Crippen LogP) is -3.90. The number of aromatic nitrogens is 10. The van der Waals surface area contributed by atoms with Crippen LogP contribution in [0.2, 0.25) is 0 Å². The van der Waals surface area contributed by atoms with E-state index in [1.165, 1.54) is 46.7 Å². The van der Waals surface area contributed by atoms with E-state index in [0.29, 0.717) is 0 Å². The van der Waals surface area contributed by atoms with Crippen LogP contribution in [0.15, 0.2) is 60.0 Å². The van der Waals surface area contributed by atoms with Crippen LogP contribution in [0.4, 0.5) is 59.0 Å². The summed E-state index contributed by atoms with van der Waals surface area (Å²) in [5.41, 5.74) is -0.126. The molecule has 0 radical (unpaired) electrons. The average Bonchev–Trinajstić information content (AvgIpc) is 3.12. The molecule has 0 spiro atoms. The third-order valence-corrected chi connectivity index (χ3v) is 7.50. The third-order valence-electron chi connectivity index (χ3n) is 6.62. The van der Waals surface area contributed by atoms with Crippen molar-refractivity contribution in [1.29, 1.82) is 0 Å².